The molecule has 2 rings (SSSR count). The van der Waals surface area contributed by atoms with Crippen LogP contribution in [-0.4, -0.2) is 37.1 Å². The second-order valence-corrected chi connectivity index (χ2v) is 7.15. The molecular weight excluding hydrogens is 305 g/mol. The lowest BCUT2D eigenvalue weighted by molar-refractivity contribution is 0.139. The molecule has 1 aliphatic heterocycles. The number of benzene rings is 1. The lowest BCUT2D eigenvalue weighted by atomic mass is 9.92. The van der Waals surface area contributed by atoms with E-state index in [0.717, 1.165) is 36.8 Å². The van der Waals surface area contributed by atoms with Crippen molar-refractivity contribution < 1.29 is 9.18 Å². The lowest BCUT2D eigenvalue weighted by Gasteiger charge is -2.34. The van der Waals surface area contributed by atoms with Gasteiger partial charge in [0.25, 0.3) is 0 Å². The van der Waals surface area contributed by atoms with Crippen LogP contribution in [0, 0.1) is 17.7 Å². The van der Waals surface area contributed by atoms with Crippen molar-refractivity contribution in [1.29, 1.82) is 0 Å². The number of carbonyl (C=O) groups is 1. The van der Waals surface area contributed by atoms with Gasteiger partial charge in [-0.3, -0.25) is 0 Å². The lowest BCUT2D eigenvalue weighted by Crippen LogP contribution is -2.39. The maximum atomic E-state index is 13.0. The van der Waals surface area contributed by atoms with Crippen molar-refractivity contribution in [3.05, 3.63) is 35.6 Å². The second-order valence-electron chi connectivity index (χ2n) is 7.15. The van der Waals surface area contributed by atoms with Gasteiger partial charge in [0.05, 0.1) is 0 Å². The van der Waals surface area contributed by atoms with Gasteiger partial charge in [-0.05, 0) is 55.3 Å². The molecular formula is C19H30FN3O. The highest BCUT2D eigenvalue weighted by Gasteiger charge is 2.20. The summed E-state index contributed by atoms with van der Waals surface area (Å²) in [6, 6.07) is 6.07. The number of rotatable bonds is 7. The standard InChI is InChI=1S/C19H30FN3O/c1-15-10-16(2)14-23(13-15)9-4-3-8-21-19(24)22-12-17-6-5-7-18(20)11-17/h5-7,11,15-16H,3-4,8-10,12-14H2,1-2H3,(H2,21,22,24)/t15-,16-/m1/s1. The van der Waals surface area contributed by atoms with Crippen LogP contribution in [0.5, 0.6) is 0 Å². The van der Waals surface area contributed by atoms with E-state index in [4.69, 9.17) is 0 Å². The Morgan fingerprint density at radius 1 is 1.21 bits per heavy atom. The normalized spacial score (nSPS) is 21.5. The van der Waals surface area contributed by atoms with E-state index in [1.54, 1.807) is 12.1 Å². The maximum Gasteiger partial charge on any atom is 0.315 e. The average molecular weight is 335 g/mol. The van der Waals surface area contributed by atoms with E-state index >= 15 is 0 Å². The smallest absolute Gasteiger partial charge is 0.315 e. The van der Waals surface area contributed by atoms with Crippen LogP contribution in [0.2, 0.25) is 0 Å². The fourth-order valence-corrected chi connectivity index (χ4v) is 3.53. The highest BCUT2D eigenvalue weighted by Crippen LogP contribution is 2.20. The van der Waals surface area contributed by atoms with Crippen molar-refractivity contribution in [3.8, 4) is 0 Å². The number of carbonyl (C=O) groups excluding carboxylic acids is 1. The van der Waals surface area contributed by atoms with Crippen LogP contribution in [0.3, 0.4) is 0 Å². The summed E-state index contributed by atoms with van der Waals surface area (Å²) in [5.41, 5.74) is 0.762. The first kappa shape index (κ1) is 18.7. The van der Waals surface area contributed by atoms with Gasteiger partial charge in [0.15, 0.2) is 0 Å². The number of unbranched alkanes of at least 4 members (excludes halogenated alkanes) is 1. The SMILES string of the molecule is C[C@@H]1C[C@@H](C)CN(CCCCNC(=O)NCc2cccc(F)c2)C1. The Morgan fingerprint density at radius 2 is 1.96 bits per heavy atom. The van der Waals surface area contributed by atoms with E-state index in [2.05, 4.69) is 29.4 Å². The number of halogens is 1. The molecule has 1 fully saturated rings. The summed E-state index contributed by atoms with van der Waals surface area (Å²) >= 11 is 0. The first-order chi connectivity index (χ1) is 11.5. The minimum atomic E-state index is -0.281. The van der Waals surface area contributed by atoms with Crippen molar-refractivity contribution in [2.24, 2.45) is 11.8 Å². The average Bonchev–Trinajstić information content (AvgIpc) is 2.52. The van der Waals surface area contributed by atoms with Crippen molar-refractivity contribution >= 4 is 6.03 Å². The summed E-state index contributed by atoms with van der Waals surface area (Å²) in [5.74, 6) is 1.30. The van der Waals surface area contributed by atoms with Crippen LogP contribution in [0.25, 0.3) is 0 Å². The van der Waals surface area contributed by atoms with Crippen molar-refractivity contribution in [2.45, 2.75) is 39.7 Å². The molecule has 0 radical (unpaired) electrons. The Morgan fingerprint density at radius 3 is 2.67 bits per heavy atom. The highest BCUT2D eigenvalue weighted by atomic mass is 19.1. The number of nitrogens with zero attached hydrogens (tertiary/aromatic N) is 1. The van der Waals surface area contributed by atoms with Crippen LogP contribution in [0.4, 0.5) is 9.18 Å². The van der Waals surface area contributed by atoms with E-state index in [9.17, 15) is 9.18 Å². The fourth-order valence-electron chi connectivity index (χ4n) is 3.53. The molecule has 24 heavy (non-hydrogen) atoms. The number of urea groups is 1. The number of piperidine rings is 1. The molecule has 0 unspecified atom stereocenters. The molecule has 1 saturated heterocycles. The summed E-state index contributed by atoms with van der Waals surface area (Å²) < 4.78 is 13.0. The van der Waals surface area contributed by atoms with Crippen LogP contribution in [0.1, 0.15) is 38.7 Å². The molecule has 1 aliphatic rings. The monoisotopic (exact) mass is 335 g/mol. The molecule has 0 bridgehead atoms. The van der Waals surface area contributed by atoms with Crippen LogP contribution in [-0.2, 0) is 6.54 Å². The molecule has 0 aromatic heterocycles. The summed E-state index contributed by atoms with van der Waals surface area (Å²) in [6.07, 6.45) is 3.42. The molecule has 5 heteroatoms. The van der Waals surface area contributed by atoms with E-state index in [1.165, 1.54) is 31.6 Å². The van der Waals surface area contributed by atoms with Gasteiger partial charge in [0, 0.05) is 26.2 Å². The second kappa shape index (κ2) is 9.62. The minimum Gasteiger partial charge on any atom is -0.338 e. The first-order valence-corrected chi connectivity index (χ1v) is 9.01. The molecule has 4 nitrogen and oxygen atoms in total. The minimum absolute atomic E-state index is 0.195. The van der Waals surface area contributed by atoms with Gasteiger partial charge in [-0.15, -0.1) is 0 Å². The first-order valence-electron chi connectivity index (χ1n) is 9.01. The Labute approximate surface area is 144 Å². The summed E-state index contributed by atoms with van der Waals surface area (Å²) in [4.78, 5) is 14.3. The summed E-state index contributed by atoms with van der Waals surface area (Å²) in [6.45, 7) is 9.18. The van der Waals surface area contributed by atoms with E-state index in [-0.39, 0.29) is 11.8 Å². The van der Waals surface area contributed by atoms with Gasteiger partial charge in [0.2, 0.25) is 0 Å². The van der Waals surface area contributed by atoms with Gasteiger partial charge >= 0.3 is 6.03 Å². The molecule has 0 saturated carbocycles. The van der Waals surface area contributed by atoms with E-state index in [0.29, 0.717) is 13.1 Å². The molecule has 0 aliphatic carbocycles. The predicted molar refractivity (Wildman–Crippen MR) is 95.3 cm³/mol. The zero-order valence-corrected chi connectivity index (χ0v) is 14.9. The molecule has 0 spiro atoms. The van der Waals surface area contributed by atoms with Crippen molar-refractivity contribution in [1.82, 2.24) is 15.5 Å². The van der Waals surface area contributed by atoms with Crippen LogP contribution >= 0.6 is 0 Å². The van der Waals surface area contributed by atoms with Crippen molar-refractivity contribution in [3.63, 3.8) is 0 Å². The number of hydrogen-bond acceptors (Lipinski definition) is 2. The molecule has 1 aromatic carbocycles. The quantitative estimate of drug-likeness (QED) is 0.750. The summed E-state index contributed by atoms with van der Waals surface area (Å²) in [7, 11) is 0. The Hall–Kier alpha value is -1.62. The van der Waals surface area contributed by atoms with Gasteiger partial charge < -0.3 is 15.5 Å². The highest BCUT2D eigenvalue weighted by molar-refractivity contribution is 5.73. The number of amides is 2. The molecule has 1 aromatic rings. The molecule has 2 atom stereocenters. The third-order valence-electron chi connectivity index (χ3n) is 4.47. The maximum absolute atomic E-state index is 13.0. The zero-order valence-electron chi connectivity index (χ0n) is 14.9. The third-order valence-corrected chi connectivity index (χ3v) is 4.47. The predicted octanol–water partition coefficient (Wildman–Crippen LogP) is 3.38. The van der Waals surface area contributed by atoms with Gasteiger partial charge in [0.1, 0.15) is 5.82 Å². The summed E-state index contributed by atoms with van der Waals surface area (Å²) in [5, 5.41) is 5.61. The van der Waals surface area contributed by atoms with Crippen molar-refractivity contribution in [2.75, 3.05) is 26.2 Å². The number of nitrogens with one attached hydrogen (secondary N) is 2. The zero-order chi connectivity index (χ0) is 17.4. The number of hydrogen-bond donors (Lipinski definition) is 2. The number of likely N-dealkylation sites (tertiary alicyclic amines) is 1. The van der Waals surface area contributed by atoms with Crippen LogP contribution < -0.4 is 10.6 Å². The van der Waals surface area contributed by atoms with Gasteiger partial charge in [-0.25, -0.2) is 9.18 Å². The topological polar surface area (TPSA) is 44.4 Å². The molecule has 2 amide bonds. The largest absolute Gasteiger partial charge is 0.338 e. The third kappa shape index (κ3) is 6.87. The van der Waals surface area contributed by atoms with Gasteiger partial charge in [-0.2, -0.15) is 0 Å². The Balaban J connectivity index is 1.53. The Bertz CT molecular complexity index is 513. The molecule has 134 valence electrons. The molecule has 1 heterocycles. The van der Waals surface area contributed by atoms with Crippen LogP contribution in [0.15, 0.2) is 24.3 Å². The van der Waals surface area contributed by atoms with E-state index < -0.39 is 0 Å². The van der Waals surface area contributed by atoms with Gasteiger partial charge in [-0.1, -0.05) is 26.0 Å². The molecule has 2 N–H and O–H groups in total. The van der Waals surface area contributed by atoms with E-state index in [1.807, 2.05) is 0 Å². The Kier molecular flexibility index (Phi) is 7.50. The fraction of sp³-hybridized carbons (Fsp3) is 0.632.